The molecule has 2 unspecified atom stereocenters. The Kier molecular flexibility index (Phi) is 3.49. The van der Waals surface area contributed by atoms with Crippen molar-refractivity contribution in [2.45, 2.75) is 44.2 Å². The molecule has 21 heavy (non-hydrogen) atoms. The van der Waals surface area contributed by atoms with Crippen LogP contribution in [0.2, 0.25) is 31.7 Å². The average molecular weight is 311 g/mol. The SMILES string of the molecule is CC1=CC([Si](C)(C)[Si](C)(C)C2C=Cc3ccccc32)C=C1. The molecule has 0 aliphatic heterocycles. The lowest BCUT2D eigenvalue weighted by molar-refractivity contribution is 1.17. The highest BCUT2D eigenvalue weighted by Crippen LogP contribution is 2.46. The van der Waals surface area contributed by atoms with Crippen LogP contribution in [0.3, 0.4) is 0 Å². The van der Waals surface area contributed by atoms with Crippen molar-refractivity contribution in [2.75, 3.05) is 0 Å². The van der Waals surface area contributed by atoms with Gasteiger partial charge in [0.1, 0.15) is 0 Å². The molecule has 0 N–H and O–H groups in total. The smallest absolute Gasteiger partial charge is 0.0548 e. The van der Waals surface area contributed by atoms with Crippen molar-refractivity contribution in [2.24, 2.45) is 0 Å². The van der Waals surface area contributed by atoms with Crippen LogP contribution in [0.15, 0.2) is 54.1 Å². The fourth-order valence-corrected chi connectivity index (χ4v) is 14.6. The van der Waals surface area contributed by atoms with Gasteiger partial charge >= 0.3 is 0 Å². The Morgan fingerprint density at radius 2 is 1.57 bits per heavy atom. The molecule has 0 saturated heterocycles. The van der Waals surface area contributed by atoms with Crippen LogP contribution in [0.1, 0.15) is 23.6 Å². The van der Waals surface area contributed by atoms with Gasteiger partial charge in [-0.05, 0) is 29.1 Å². The van der Waals surface area contributed by atoms with E-state index in [-0.39, 0.29) is 0 Å². The summed E-state index contributed by atoms with van der Waals surface area (Å²) in [5, 5.41) is 0. The Morgan fingerprint density at radius 1 is 0.857 bits per heavy atom. The minimum Gasteiger partial charge on any atom is -0.0804 e. The number of hydrogen-bond acceptors (Lipinski definition) is 0. The van der Waals surface area contributed by atoms with Crippen LogP contribution >= 0.6 is 0 Å². The predicted octanol–water partition coefficient (Wildman–Crippen LogP) is 5.72. The Balaban J connectivity index is 1.98. The molecule has 2 aliphatic rings. The van der Waals surface area contributed by atoms with Gasteiger partial charge in [-0.3, -0.25) is 0 Å². The summed E-state index contributed by atoms with van der Waals surface area (Å²) in [6.45, 7) is 12.7. The third kappa shape index (κ3) is 2.25. The van der Waals surface area contributed by atoms with Crippen LogP contribution in [0, 0.1) is 0 Å². The first-order valence-corrected chi connectivity index (χ1v) is 15.1. The molecule has 0 amide bonds. The van der Waals surface area contributed by atoms with Crippen molar-refractivity contribution in [3.05, 3.63) is 65.3 Å². The van der Waals surface area contributed by atoms with E-state index in [0.717, 1.165) is 5.54 Å². The molecule has 0 radical (unpaired) electrons. The van der Waals surface area contributed by atoms with Crippen LogP contribution in [0.5, 0.6) is 0 Å². The fourth-order valence-electron chi connectivity index (χ4n) is 3.81. The van der Waals surface area contributed by atoms with Crippen molar-refractivity contribution in [3.8, 4) is 0 Å². The molecule has 0 bridgehead atoms. The molecule has 2 aliphatic carbocycles. The zero-order valence-corrected chi connectivity index (χ0v) is 15.9. The first-order chi connectivity index (χ1) is 9.84. The Labute approximate surface area is 131 Å². The van der Waals surface area contributed by atoms with Gasteiger partial charge in [0.15, 0.2) is 0 Å². The highest BCUT2D eigenvalue weighted by atomic mass is 29.3. The highest BCUT2D eigenvalue weighted by Gasteiger charge is 2.50. The molecule has 0 fully saturated rings. The van der Waals surface area contributed by atoms with Gasteiger partial charge in [0, 0.05) is 0 Å². The zero-order chi connectivity index (χ0) is 15.3. The molecule has 0 heterocycles. The van der Waals surface area contributed by atoms with Gasteiger partial charge in [-0.15, -0.1) is 0 Å². The summed E-state index contributed by atoms with van der Waals surface area (Å²) in [6, 6.07) is 8.99. The Hall–Kier alpha value is -1.13. The highest BCUT2D eigenvalue weighted by molar-refractivity contribution is 7.42. The largest absolute Gasteiger partial charge is 0.0804 e. The maximum Gasteiger partial charge on any atom is 0.0548 e. The first-order valence-electron chi connectivity index (χ1n) is 7.98. The number of benzene rings is 1. The van der Waals surface area contributed by atoms with Crippen molar-refractivity contribution >= 4 is 21.3 Å². The second-order valence-electron chi connectivity index (χ2n) is 7.70. The van der Waals surface area contributed by atoms with Crippen molar-refractivity contribution in [1.82, 2.24) is 0 Å². The van der Waals surface area contributed by atoms with E-state index >= 15 is 0 Å². The Bertz CT molecular complexity index is 647. The van der Waals surface area contributed by atoms with Crippen molar-refractivity contribution < 1.29 is 0 Å². The predicted molar refractivity (Wildman–Crippen MR) is 99.8 cm³/mol. The molecular formula is C19H26Si2. The summed E-state index contributed by atoms with van der Waals surface area (Å²) >= 11 is 0. The maximum absolute atomic E-state index is 2.63. The van der Waals surface area contributed by atoms with E-state index in [1.807, 2.05) is 0 Å². The molecule has 0 spiro atoms. The Morgan fingerprint density at radius 3 is 2.24 bits per heavy atom. The van der Waals surface area contributed by atoms with Gasteiger partial charge in [0.05, 0.1) is 15.2 Å². The van der Waals surface area contributed by atoms with Crippen LogP contribution in [0.25, 0.3) is 6.08 Å². The van der Waals surface area contributed by atoms with E-state index in [0.29, 0.717) is 5.54 Å². The lowest BCUT2D eigenvalue weighted by atomic mass is 10.1. The molecule has 1 aromatic carbocycles. The average Bonchev–Trinajstić information content (AvgIpc) is 3.04. The number of fused-ring (bicyclic) bond motifs is 1. The molecule has 0 nitrogen and oxygen atoms in total. The quantitative estimate of drug-likeness (QED) is 0.627. The zero-order valence-electron chi connectivity index (χ0n) is 13.9. The van der Waals surface area contributed by atoms with Crippen LogP contribution in [0.4, 0.5) is 0 Å². The van der Waals surface area contributed by atoms with Gasteiger partial charge in [0.2, 0.25) is 0 Å². The standard InChI is InChI=1S/C19H26Si2/c1-15-10-12-17(14-15)20(2,3)21(4,5)19-13-11-16-8-6-7-9-18(16)19/h6-14,17,19H,1-5H3. The molecular weight excluding hydrogens is 284 g/mol. The second-order valence-corrected chi connectivity index (χ2v) is 23.6. The molecule has 1 aromatic rings. The molecule has 2 heteroatoms. The van der Waals surface area contributed by atoms with E-state index in [4.69, 9.17) is 0 Å². The summed E-state index contributed by atoms with van der Waals surface area (Å²) in [5.41, 5.74) is 5.89. The normalized spacial score (nSPS) is 24.3. The first kappa shape index (κ1) is 14.8. The van der Waals surface area contributed by atoms with Crippen LogP contribution < -0.4 is 0 Å². The fraction of sp³-hybridized carbons (Fsp3) is 0.368. The molecule has 0 saturated carbocycles. The summed E-state index contributed by atoms with van der Waals surface area (Å²) in [6.07, 6.45) is 12.2. The number of hydrogen-bond donors (Lipinski definition) is 0. The van der Waals surface area contributed by atoms with E-state index in [9.17, 15) is 0 Å². The van der Waals surface area contributed by atoms with Crippen LogP contribution in [-0.2, 0) is 0 Å². The third-order valence-electron chi connectivity index (χ3n) is 6.08. The topological polar surface area (TPSA) is 0 Å². The van der Waals surface area contributed by atoms with E-state index in [2.05, 4.69) is 87.8 Å². The number of allylic oxidation sites excluding steroid dienone is 5. The maximum atomic E-state index is 2.63. The van der Waals surface area contributed by atoms with Gasteiger partial charge in [0.25, 0.3) is 0 Å². The summed E-state index contributed by atoms with van der Waals surface area (Å²) in [4.78, 5) is 0. The van der Waals surface area contributed by atoms with Gasteiger partial charge in [-0.1, -0.05) is 86.4 Å². The van der Waals surface area contributed by atoms with E-state index < -0.39 is 15.2 Å². The minimum absolute atomic E-state index is 0.693. The third-order valence-corrected chi connectivity index (χ3v) is 25.4. The summed E-state index contributed by atoms with van der Waals surface area (Å²) < 4.78 is 0. The molecule has 2 atom stereocenters. The summed E-state index contributed by atoms with van der Waals surface area (Å²) in [7, 11) is -2.74. The molecule has 3 rings (SSSR count). The van der Waals surface area contributed by atoms with Gasteiger partial charge in [-0.2, -0.15) is 0 Å². The van der Waals surface area contributed by atoms with Gasteiger partial charge in [-0.25, -0.2) is 0 Å². The molecule has 110 valence electrons. The minimum atomic E-state index is -1.39. The van der Waals surface area contributed by atoms with E-state index in [1.165, 1.54) is 11.1 Å². The second kappa shape index (κ2) is 4.96. The van der Waals surface area contributed by atoms with E-state index in [1.54, 1.807) is 5.56 Å². The van der Waals surface area contributed by atoms with Crippen molar-refractivity contribution in [1.29, 1.82) is 0 Å². The van der Waals surface area contributed by atoms with Crippen LogP contribution in [-0.4, -0.2) is 15.2 Å². The lowest BCUT2D eigenvalue weighted by Crippen LogP contribution is -2.60. The lowest BCUT2D eigenvalue weighted by Gasteiger charge is -2.45. The molecule has 0 aromatic heterocycles. The van der Waals surface area contributed by atoms with Gasteiger partial charge < -0.3 is 0 Å². The monoisotopic (exact) mass is 310 g/mol. The van der Waals surface area contributed by atoms with Crippen molar-refractivity contribution in [3.63, 3.8) is 0 Å². The summed E-state index contributed by atoms with van der Waals surface area (Å²) in [5.74, 6) is 0. The number of rotatable bonds is 3.